The van der Waals surface area contributed by atoms with Crippen LogP contribution in [0.25, 0.3) is 0 Å². The van der Waals surface area contributed by atoms with Crippen molar-refractivity contribution in [2.24, 2.45) is 0 Å². The SMILES string of the molecule is CCCCN(CCO)Cc1ccccc1N. The maximum Gasteiger partial charge on any atom is 0.0558 e. The van der Waals surface area contributed by atoms with Gasteiger partial charge in [0.15, 0.2) is 0 Å². The minimum Gasteiger partial charge on any atom is -0.398 e. The number of para-hydroxylation sites is 1. The summed E-state index contributed by atoms with van der Waals surface area (Å²) in [4.78, 5) is 2.25. The van der Waals surface area contributed by atoms with Gasteiger partial charge in [-0.15, -0.1) is 0 Å². The number of benzene rings is 1. The van der Waals surface area contributed by atoms with E-state index in [1.807, 2.05) is 24.3 Å². The summed E-state index contributed by atoms with van der Waals surface area (Å²) < 4.78 is 0. The van der Waals surface area contributed by atoms with Crippen LogP contribution in [0, 0.1) is 0 Å². The predicted octanol–water partition coefficient (Wildman–Crippen LogP) is 1.86. The van der Waals surface area contributed by atoms with Gasteiger partial charge >= 0.3 is 0 Å². The molecule has 0 aliphatic carbocycles. The number of aliphatic hydroxyl groups is 1. The van der Waals surface area contributed by atoms with Gasteiger partial charge in [0, 0.05) is 18.8 Å². The fourth-order valence-electron chi connectivity index (χ4n) is 1.71. The zero-order valence-electron chi connectivity index (χ0n) is 10.0. The average Bonchev–Trinajstić information content (AvgIpc) is 2.29. The van der Waals surface area contributed by atoms with Gasteiger partial charge in [-0.25, -0.2) is 0 Å². The summed E-state index contributed by atoms with van der Waals surface area (Å²) in [6.07, 6.45) is 2.33. The summed E-state index contributed by atoms with van der Waals surface area (Å²) in [5, 5.41) is 9.01. The molecule has 0 unspecified atom stereocenters. The van der Waals surface area contributed by atoms with Gasteiger partial charge in [0.05, 0.1) is 6.61 Å². The van der Waals surface area contributed by atoms with Gasteiger partial charge < -0.3 is 10.8 Å². The number of nitrogens with zero attached hydrogens (tertiary/aromatic N) is 1. The van der Waals surface area contributed by atoms with Crippen LogP contribution in [-0.4, -0.2) is 29.7 Å². The van der Waals surface area contributed by atoms with E-state index in [1.54, 1.807) is 0 Å². The fraction of sp³-hybridized carbons (Fsp3) is 0.538. The Balaban J connectivity index is 2.56. The summed E-state index contributed by atoms with van der Waals surface area (Å²) in [6.45, 7) is 4.94. The highest BCUT2D eigenvalue weighted by Gasteiger charge is 2.06. The topological polar surface area (TPSA) is 49.5 Å². The zero-order chi connectivity index (χ0) is 11.8. The van der Waals surface area contributed by atoms with Crippen LogP contribution in [0.1, 0.15) is 25.3 Å². The molecule has 0 aliphatic heterocycles. The third kappa shape index (κ3) is 4.21. The van der Waals surface area contributed by atoms with E-state index in [2.05, 4.69) is 11.8 Å². The van der Waals surface area contributed by atoms with Gasteiger partial charge in [0.25, 0.3) is 0 Å². The molecule has 0 aromatic heterocycles. The molecule has 0 heterocycles. The number of unbranched alkanes of at least 4 members (excludes halogenated alkanes) is 1. The minimum absolute atomic E-state index is 0.205. The van der Waals surface area contributed by atoms with Gasteiger partial charge in [0.1, 0.15) is 0 Å². The molecule has 3 nitrogen and oxygen atoms in total. The summed E-state index contributed by atoms with van der Waals surface area (Å²) >= 11 is 0. The van der Waals surface area contributed by atoms with Crippen molar-refractivity contribution in [2.45, 2.75) is 26.3 Å². The van der Waals surface area contributed by atoms with Crippen molar-refractivity contribution in [3.63, 3.8) is 0 Å². The number of nitrogens with two attached hydrogens (primary N) is 1. The van der Waals surface area contributed by atoms with Gasteiger partial charge in [-0.05, 0) is 24.6 Å². The van der Waals surface area contributed by atoms with Crippen molar-refractivity contribution in [3.8, 4) is 0 Å². The Hall–Kier alpha value is -1.06. The van der Waals surface area contributed by atoms with Crippen LogP contribution >= 0.6 is 0 Å². The van der Waals surface area contributed by atoms with Crippen LogP contribution in [0.2, 0.25) is 0 Å². The van der Waals surface area contributed by atoms with E-state index in [1.165, 1.54) is 6.42 Å². The van der Waals surface area contributed by atoms with Crippen LogP contribution in [0.15, 0.2) is 24.3 Å². The third-order valence-electron chi connectivity index (χ3n) is 2.69. The summed E-state index contributed by atoms with van der Waals surface area (Å²) in [5.41, 5.74) is 7.89. The third-order valence-corrected chi connectivity index (χ3v) is 2.69. The number of anilines is 1. The van der Waals surface area contributed by atoms with E-state index in [0.29, 0.717) is 6.54 Å². The molecule has 0 aliphatic rings. The Morgan fingerprint density at radius 2 is 2.00 bits per heavy atom. The van der Waals surface area contributed by atoms with Crippen LogP contribution in [0.5, 0.6) is 0 Å². The van der Waals surface area contributed by atoms with E-state index in [0.717, 1.165) is 30.8 Å². The highest BCUT2D eigenvalue weighted by atomic mass is 16.3. The van der Waals surface area contributed by atoms with Gasteiger partial charge in [0.2, 0.25) is 0 Å². The second kappa shape index (κ2) is 7.25. The first-order valence-electron chi connectivity index (χ1n) is 5.94. The number of aliphatic hydroxyl groups excluding tert-OH is 1. The quantitative estimate of drug-likeness (QED) is 0.692. The molecule has 3 heteroatoms. The van der Waals surface area contributed by atoms with Crippen LogP contribution in [0.4, 0.5) is 5.69 Å². The predicted molar refractivity (Wildman–Crippen MR) is 68.1 cm³/mol. The number of hydrogen-bond donors (Lipinski definition) is 2. The number of nitrogen functional groups attached to an aromatic ring is 1. The summed E-state index contributed by atoms with van der Waals surface area (Å²) in [7, 11) is 0. The lowest BCUT2D eigenvalue weighted by Gasteiger charge is -2.21. The number of rotatable bonds is 7. The van der Waals surface area contributed by atoms with Crippen molar-refractivity contribution in [3.05, 3.63) is 29.8 Å². The minimum atomic E-state index is 0.205. The van der Waals surface area contributed by atoms with Crippen LogP contribution in [0.3, 0.4) is 0 Å². The highest BCUT2D eigenvalue weighted by molar-refractivity contribution is 5.46. The molecular formula is C13H22N2O. The van der Waals surface area contributed by atoms with E-state index >= 15 is 0 Å². The Morgan fingerprint density at radius 1 is 1.25 bits per heavy atom. The highest BCUT2D eigenvalue weighted by Crippen LogP contribution is 2.13. The first-order valence-corrected chi connectivity index (χ1v) is 5.94. The lowest BCUT2D eigenvalue weighted by atomic mass is 10.1. The Morgan fingerprint density at radius 3 is 2.62 bits per heavy atom. The fourth-order valence-corrected chi connectivity index (χ4v) is 1.71. The monoisotopic (exact) mass is 222 g/mol. The van der Waals surface area contributed by atoms with Crippen molar-refractivity contribution < 1.29 is 5.11 Å². The largest absolute Gasteiger partial charge is 0.398 e. The molecule has 0 atom stereocenters. The van der Waals surface area contributed by atoms with Gasteiger partial charge in [-0.3, -0.25) is 4.90 Å². The first-order chi connectivity index (χ1) is 7.77. The molecule has 0 spiro atoms. The molecule has 3 N–H and O–H groups in total. The van der Waals surface area contributed by atoms with Crippen molar-refractivity contribution in [2.75, 3.05) is 25.4 Å². The van der Waals surface area contributed by atoms with E-state index in [9.17, 15) is 0 Å². The standard InChI is InChI=1S/C13H22N2O/c1-2-3-8-15(9-10-16)11-12-6-4-5-7-13(12)14/h4-7,16H,2-3,8-11,14H2,1H3. The number of hydrogen-bond acceptors (Lipinski definition) is 3. The Kier molecular flexibility index (Phi) is 5.90. The molecular weight excluding hydrogens is 200 g/mol. The molecule has 1 aromatic rings. The molecule has 0 radical (unpaired) electrons. The zero-order valence-corrected chi connectivity index (χ0v) is 10.0. The second-order valence-corrected chi connectivity index (χ2v) is 4.05. The Bertz CT molecular complexity index is 302. The lowest BCUT2D eigenvalue weighted by molar-refractivity contribution is 0.188. The van der Waals surface area contributed by atoms with Crippen molar-refractivity contribution >= 4 is 5.69 Å². The molecule has 0 amide bonds. The average molecular weight is 222 g/mol. The van der Waals surface area contributed by atoms with Gasteiger partial charge in [-0.2, -0.15) is 0 Å². The smallest absolute Gasteiger partial charge is 0.0558 e. The maximum atomic E-state index is 9.01. The van der Waals surface area contributed by atoms with Crippen molar-refractivity contribution in [1.82, 2.24) is 4.90 Å². The first kappa shape index (κ1) is 13.0. The van der Waals surface area contributed by atoms with Crippen molar-refractivity contribution in [1.29, 1.82) is 0 Å². The molecule has 16 heavy (non-hydrogen) atoms. The van der Waals surface area contributed by atoms with Gasteiger partial charge in [-0.1, -0.05) is 31.5 Å². The molecule has 0 bridgehead atoms. The summed E-state index contributed by atoms with van der Waals surface area (Å²) in [6, 6.07) is 7.92. The molecule has 90 valence electrons. The maximum absolute atomic E-state index is 9.01. The van der Waals surface area contributed by atoms with Crippen LogP contribution < -0.4 is 5.73 Å². The van der Waals surface area contributed by atoms with E-state index < -0.39 is 0 Å². The normalized spacial score (nSPS) is 10.9. The van der Waals surface area contributed by atoms with E-state index in [4.69, 9.17) is 10.8 Å². The van der Waals surface area contributed by atoms with E-state index in [-0.39, 0.29) is 6.61 Å². The summed E-state index contributed by atoms with van der Waals surface area (Å²) in [5.74, 6) is 0. The second-order valence-electron chi connectivity index (χ2n) is 4.05. The molecule has 0 fully saturated rings. The Labute approximate surface area is 97.9 Å². The molecule has 1 rings (SSSR count). The molecule has 1 aromatic carbocycles. The molecule has 0 saturated carbocycles. The molecule has 0 saturated heterocycles. The van der Waals surface area contributed by atoms with Crippen LogP contribution in [-0.2, 0) is 6.54 Å². The lowest BCUT2D eigenvalue weighted by Crippen LogP contribution is -2.27.